The molecule has 0 heterocycles. The highest BCUT2D eigenvalue weighted by Gasteiger charge is 2.07. The van der Waals surface area contributed by atoms with E-state index in [-0.39, 0.29) is 0 Å². The Morgan fingerprint density at radius 1 is 1.38 bits per heavy atom. The summed E-state index contributed by atoms with van der Waals surface area (Å²) in [5.74, 6) is 1.48. The Kier molecular flexibility index (Phi) is 3.38. The lowest BCUT2D eigenvalue weighted by molar-refractivity contribution is 0.352. The Labute approximate surface area is 78.8 Å². The van der Waals surface area contributed by atoms with Gasteiger partial charge in [-0.2, -0.15) is 0 Å². The van der Waals surface area contributed by atoms with Crippen LogP contribution in [-0.2, 0) is 6.42 Å². The van der Waals surface area contributed by atoms with Crippen LogP contribution in [0.25, 0.3) is 0 Å². The summed E-state index contributed by atoms with van der Waals surface area (Å²) in [6.45, 7) is 3.68. The normalized spacial score (nSPS) is 9.38. The van der Waals surface area contributed by atoms with Crippen LogP contribution in [0.5, 0.6) is 11.5 Å². The quantitative estimate of drug-likeness (QED) is 0.656. The summed E-state index contributed by atoms with van der Waals surface area (Å²) in [5.41, 5.74) is 1.04. The molecule has 69 valence electrons. The fraction of sp³-hybridized carbons (Fsp3) is 0.273. The average molecular weight is 177 g/mol. The summed E-state index contributed by atoms with van der Waals surface area (Å²) < 4.78 is 10.4. The molecule has 0 unspecified atom stereocenters. The van der Waals surface area contributed by atoms with Crippen LogP contribution in [0.3, 0.4) is 0 Å². The number of hydrogen-bond acceptors (Lipinski definition) is 2. The standard InChI is InChI=1S/C11H13O2/c1-4-6-9-7-5-8-10(12-2)11(9)13-3/h4,7-8H,1,6H2,2-3H3. The third-order valence-electron chi connectivity index (χ3n) is 1.78. The van der Waals surface area contributed by atoms with E-state index in [1.807, 2.05) is 12.1 Å². The molecule has 0 bridgehead atoms. The maximum Gasteiger partial charge on any atom is 0.164 e. The predicted octanol–water partition coefficient (Wildman–Crippen LogP) is 2.23. The van der Waals surface area contributed by atoms with E-state index in [1.54, 1.807) is 20.3 Å². The largest absolute Gasteiger partial charge is 0.493 e. The van der Waals surface area contributed by atoms with E-state index in [2.05, 4.69) is 12.6 Å². The summed E-state index contributed by atoms with van der Waals surface area (Å²) in [6, 6.07) is 6.62. The Bertz CT molecular complexity index is 292. The minimum absolute atomic E-state index is 0.710. The third-order valence-corrected chi connectivity index (χ3v) is 1.78. The van der Waals surface area contributed by atoms with Gasteiger partial charge in [0.05, 0.1) is 14.2 Å². The van der Waals surface area contributed by atoms with Gasteiger partial charge in [0.2, 0.25) is 0 Å². The van der Waals surface area contributed by atoms with Crippen molar-refractivity contribution >= 4 is 0 Å². The Morgan fingerprint density at radius 3 is 2.69 bits per heavy atom. The Morgan fingerprint density at radius 2 is 2.15 bits per heavy atom. The Balaban J connectivity index is 3.10. The van der Waals surface area contributed by atoms with Crippen LogP contribution in [0.2, 0.25) is 0 Å². The monoisotopic (exact) mass is 177 g/mol. The maximum atomic E-state index is 5.23. The zero-order valence-electron chi connectivity index (χ0n) is 7.96. The van der Waals surface area contributed by atoms with Gasteiger partial charge in [-0.05, 0) is 24.6 Å². The van der Waals surface area contributed by atoms with Gasteiger partial charge in [0, 0.05) is 5.56 Å². The number of benzene rings is 1. The first-order chi connectivity index (χ1) is 6.33. The molecule has 1 aromatic carbocycles. The van der Waals surface area contributed by atoms with Gasteiger partial charge >= 0.3 is 0 Å². The SMILES string of the molecule is C=CCc1c[c]cc(OC)c1OC. The van der Waals surface area contributed by atoms with E-state index in [1.165, 1.54) is 0 Å². The summed E-state index contributed by atoms with van der Waals surface area (Å²) in [5, 5.41) is 0. The topological polar surface area (TPSA) is 18.5 Å². The highest BCUT2D eigenvalue weighted by Crippen LogP contribution is 2.30. The van der Waals surface area contributed by atoms with E-state index < -0.39 is 0 Å². The molecule has 0 aliphatic rings. The van der Waals surface area contributed by atoms with Gasteiger partial charge in [0.1, 0.15) is 0 Å². The van der Waals surface area contributed by atoms with Crippen LogP contribution < -0.4 is 9.47 Å². The summed E-state index contributed by atoms with van der Waals surface area (Å²) in [7, 11) is 3.24. The molecule has 1 aromatic rings. The number of allylic oxidation sites excluding steroid dienone is 1. The second kappa shape index (κ2) is 4.55. The molecule has 0 atom stereocenters. The summed E-state index contributed by atoms with van der Waals surface area (Å²) in [6.07, 6.45) is 2.59. The van der Waals surface area contributed by atoms with Crippen molar-refractivity contribution < 1.29 is 9.47 Å². The number of hydrogen-bond donors (Lipinski definition) is 0. The predicted molar refractivity (Wildman–Crippen MR) is 52.3 cm³/mol. The van der Waals surface area contributed by atoms with Crippen LogP contribution in [0.4, 0.5) is 0 Å². The minimum atomic E-state index is 0.710. The van der Waals surface area contributed by atoms with Crippen LogP contribution in [0.15, 0.2) is 24.8 Å². The lowest BCUT2D eigenvalue weighted by Gasteiger charge is -2.10. The lowest BCUT2D eigenvalue weighted by Crippen LogP contribution is -1.94. The van der Waals surface area contributed by atoms with E-state index in [0.717, 1.165) is 17.7 Å². The second-order valence-electron chi connectivity index (χ2n) is 2.58. The molecule has 0 fully saturated rings. The van der Waals surface area contributed by atoms with Crippen molar-refractivity contribution in [1.29, 1.82) is 0 Å². The second-order valence-corrected chi connectivity index (χ2v) is 2.58. The molecule has 2 nitrogen and oxygen atoms in total. The molecular weight excluding hydrogens is 164 g/mol. The third kappa shape index (κ3) is 2.02. The molecule has 0 aliphatic heterocycles. The molecule has 0 saturated carbocycles. The zero-order chi connectivity index (χ0) is 9.68. The van der Waals surface area contributed by atoms with Crippen molar-refractivity contribution in [2.24, 2.45) is 0 Å². The minimum Gasteiger partial charge on any atom is -0.493 e. The van der Waals surface area contributed by atoms with E-state index >= 15 is 0 Å². The number of ether oxygens (including phenoxy) is 2. The molecule has 0 aliphatic carbocycles. The van der Waals surface area contributed by atoms with Crippen LogP contribution in [0.1, 0.15) is 5.56 Å². The smallest absolute Gasteiger partial charge is 0.164 e. The zero-order valence-corrected chi connectivity index (χ0v) is 7.96. The molecule has 13 heavy (non-hydrogen) atoms. The van der Waals surface area contributed by atoms with Crippen molar-refractivity contribution in [3.8, 4) is 11.5 Å². The van der Waals surface area contributed by atoms with Gasteiger partial charge in [-0.1, -0.05) is 6.08 Å². The Hall–Kier alpha value is -1.44. The molecule has 0 aromatic heterocycles. The molecule has 0 amide bonds. The maximum absolute atomic E-state index is 5.23. The highest BCUT2D eigenvalue weighted by molar-refractivity contribution is 5.46. The number of methoxy groups -OCH3 is 2. The van der Waals surface area contributed by atoms with Crippen molar-refractivity contribution in [2.75, 3.05) is 14.2 Å². The molecular formula is C11H13O2. The molecule has 0 N–H and O–H groups in total. The first-order valence-electron chi connectivity index (χ1n) is 4.05. The van der Waals surface area contributed by atoms with E-state index in [4.69, 9.17) is 9.47 Å². The molecule has 1 rings (SSSR count). The van der Waals surface area contributed by atoms with Crippen LogP contribution in [-0.4, -0.2) is 14.2 Å². The fourth-order valence-corrected chi connectivity index (χ4v) is 1.20. The van der Waals surface area contributed by atoms with Gasteiger partial charge in [0.25, 0.3) is 0 Å². The summed E-state index contributed by atoms with van der Waals surface area (Å²) in [4.78, 5) is 0. The first-order valence-corrected chi connectivity index (χ1v) is 4.05. The highest BCUT2D eigenvalue weighted by atomic mass is 16.5. The van der Waals surface area contributed by atoms with Crippen molar-refractivity contribution in [3.05, 3.63) is 36.4 Å². The van der Waals surface area contributed by atoms with Gasteiger partial charge < -0.3 is 9.47 Å². The van der Waals surface area contributed by atoms with Crippen molar-refractivity contribution in [1.82, 2.24) is 0 Å². The van der Waals surface area contributed by atoms with Gasteiger partial charge in [-0.25, -0.2) is 0 Å². The average Bonchev–Trinajstić information content (AvgIpc) is 2.18. The van der Waals surface area contributed by atoms with Gasteiger partial charge in [-0.3, -0.25) is 0 Å². The van der Waals surface area contributed by atoms with Gasteiger partial charge in [-0.15, -0.1) is 6.58 Å². The molecule has 0 saturated heterocycles. The number of rotatable bonds is 4. The summed E-state index contributed by atoms with van der Waals surface area (Å²) >= 11 is 0. The van der Waals surface area contributed by atoms with E-state index in [9.17, 15) is 0 Å². The van der Waals surface area contributed by atoms with Crippen LogP contribution in [0, 0.1) is 6.07 Å². The molecule has 0 spiro atoms. The van der Waals surface area contributed by atoms with Gasteiger partial charge in [0.15, 0.2) is 11.5 Å². The lowest BCUT2D eigenvalue weighted by atomic mass is 10.1. The fourth-order valence-electron chi connectivity index (χ4n) is 1.20. The first kappa shape index (κ1) is 9.65. The molecule has 1 radical (unpaired) electrons. The van der Waals surface area contributed by atoms with E-state index in [0.29, 0.717) is 5.75 Å². The van der Waals surface area contributed by atoms with Crippen molar-refractivity contribution in [3.63, 3.8) is 0 Å². The van der Waals surface area contributed by atoms with Crippen LogP contribution >= 0.6 is 0 Å². The van der Waals surface area contributed by atoms with Crippen molar-refractivity contribution in [2.45, 2.75) is 6.42 Å². The molecule has 2 heteroatoms.